The summed E-state index contributed by atoms with van der Waals surface area (Å²) in [5.74, 6) is -0.484. The molecule has 44 heavy (non-hydrogen) atoms. The number of aromatic nitrogens is 1. The third-order valence-corrected chi connectivity index (χ3v) is 12.8. The molecule has 5 aromatic carbocycles. The van der Waals surface area contributed by atoms with Crippen LogP contribution < -0.4 is 79.9 Å². The summed E-state index contributed by atoms with van der Waals surface area (Å²) in [7, 11) is -6.36. The fourth-order valence-electron chi connectivity index (χ4n) is 4.71. The second-order valence-corrected chi connectivity index (χ2v) is 14.8. The number of rotatable bonds is 6. The summed E-state index contributed by atoms with van der Waals surface area (Å²) >= 11 is 0. The Morgan fingerprint density at radius 1 is 0.409 bits per heavy atom. The molecule has 5 nitrogen and oxygen atoms in total. The minimum absolute atomic E-state index is 0. The monoisotopic (exact) mass is 601 g/mol. The Balaban J connectivity index is 0.000000230. The summed E-state index contributed by atoms with van der Waals surface area (Å²) in [6.45, 7) is 0. The molecule has 1 heterocycles. The van der Waals surface area contributed by atoms with Gasteiger partial charge in [-0.25, -0.2) is 0 Å². The van der Waals surface area contributed by atoms with Gasteiger partial charge in [0, 0.05) is 32.7 Å². The maximum absolute atomic E-state index is 13.8. The fraction of sp³-hybridized carbons (Fsp3) is 0. The van der Waals surface area contributed by atoms with E-state index in [0.29, 0.717) is 26.5 Å². The van der Waals surface area contributed by atoms with Crippen molar-refractivity contribution < 1.29 is 57.1 Å². The van der Waals surface area contributed by atoms with Crippen LogP contribution in [-0.2, 0) is 9.13 Å². The molecule has 0 radical (unpaired) electrons. The van der Waals surface area contributed by atoms with E-state index in [1.165, 1.54) is 18.3 Å². The smallest absolute Gasteiger partial charge is 0.872 e. The van der Waals surface area contributed by atoms with Crippen LogP contribution >= 0.6 is 14.3 Å². The first-order valence-corrected chi connectivity index (χ1v) is 16.7. The van der Waals surface area contributed by atoms with Gasteiger partial charge in [0.25, 0.3) is 0 Å². The molecule has 0 bridgehead atoms. The molecule has 0 aliphatic heterocycles. The Bertz CT molecular complexity index is 1630. The van der Waals surface area contributed by atoms with Crippen LogP contribution in [0.5, 0.6) is 11.5 Å². The number of nitrogens with zero attached hydrogens (tertiary/aromatic N) is 1. The zero-order valence-electron chi connectivity index (χ0n) is 24.6. The van der Waals surface area contributed by atoms with Crippen LogP contribution in [0.3, 0.4) is 0 Å². The van der Waals surface area contributed by atoms with Gasteiger partial charge in [-0.15, -0.1) is 0 Å². The molecule has 0 atom stereocenters. The largest absolute Gasteiger partial charge is 1.00 e. The molecule has 0 N–H and O–H groups in total. The molecule has 0 aliphatic rings. The van der Waals surface area contributed by atoms with Gasteiger partial charge in [-0.2, -0.15) is 0 Å². The molecule has 208 valence electrons. The number of para-hydroxylation sites is 1. The molecule has 0 spiro atoms. The topological polar surface area (TPSA) is 93.2 Å². The molecule has 0 unspecified atom stereocenters. The first-order chi connectivity index (χ1) is 20.5. The molecule has 6 rings (SSSR count). The molecule has 0 amide bonds. The molecule has 9 heteroatoms. The number of hydrogen-bond donors (Lipinski definition) is 0. The molecule has 1 aromatic heterocycles. The van der Waals surface area contributed by atoms with Crippen LogP contribution in [-0.4, -0.2) is 4.98 Å². The van der Waals surface area contributed by atoms with Crippen LogP contribution in [0.4, 0.5) is 0 Å². The zero-order valence-corrected chi connectivity index (χ0v) is 26.4. The maximum Gasteiger partial charge on any atom is 1.00 e. The molecular weight excluding hydrogens is 574 g/mol. The summed E-state index contributed by atoms with van der Waals surface area (Å²) in [5.41, 5.74) is 0.113. The van der Waals surface area contributed by atoms with E-state index >= 15 is 0 Å². The van der Waals surface area contributed by atoms with E-state index in [1.54, 1.807) is 48.5 Å². The summed E-state index contributed by atoms with van der Waals surface area (Å²) in [6, 6.07) is 46.1. The quantitative estimate of drug-likeness (QED) is 0.166. The van der Waals surface area contributed by atoms with Crippen molar-refractivity contribution in [2.24, 2.45) is 0 Å². The second-order valence-electron chi connectivity index (χ2n) is 9.35. The van der Waals surface area contributed by atoms with Crippen molar-refractivity contribution in [3.63, 3.8) is 0 Å². The molecule has 0 saturated carbocycles. The van der Waals surface area contributed by atoms with E-state index in [4.69, 9.17) is 0 Å². The molecule has 0 aliphatic carbocycles. The van der Waals surface area contributed by atoms with Gasteiger partial charge in [-0.1, -0.05) is 163 Å². The number of hydrogen-bond acceptors (Lipinski definition) is 5. The normalized spacial score (nSPS) is 10.7. The van der Waals surface area contributed by atoms with Crippen molar-refractivity contribution in [3.8, 4) is 11.5 Å². The van der Waals surface area contributed by atoms with Gasteiger partial charge in [0.1, 0.15) is 5.44 Å². The average molecular weight is 601 g/mol. The Labute approximate surface area is 282 Å². The van der Waals surface area contributed by atoms with Crippen molar-refractivity contribution in [1.82, 2.24) is 4.98 Å². The first kappa shape index (κ1) is 35.0. The van der Waals surface area contributed by atoms with E-state index in [0.717, 1.165) is 0 Å². The van der Waals surface area contributed by atoms with E-state index < -0.39 is 14.3 Å². The Morgan fingerprint density at radius 3 is 1.14 bits per heavy atom. The Hall–Kier alpha value is -3.50. The molecular formula is C35H27Li2NO4P2. The standard InChI is InChI=1S/C18H15O2P.C17H14NO2P.2Li/c19-17-13-7-8-14-18(17)21(20,15-9-3-1-4-10-15)16-11-5-2-6-12-16;19-16-12-7-13-18-17(16)21(20,14-8-3-1-4-9-14)15-10-5-2-6-11-15;;/h1-14,19H;1-13,19H;;/q;;2*+1/p-2. The predicted molar refractivity (Wildman–Crippen MR) is 168 cm³/mol. The molecule has 6 aromatic rings. The van der Waals surface area contributed by atoms with Crippen molar-refractivity contribution in [2.75, 3.05) is 0 Å². The van der Waals surface area contributed by atoms with Crippen LogP contribution in [0, 0.1) is 0 Å². The SMILES string of the molecule is O=P(c1ccccc1)(c1ccccc1)c1ccccc1[O-].O=P(c1ccccc1)(c1ccccc1)c1ncccc1[O-].[Li+].[Li+]. The van der Waals surface area contributed by atoms with Gasteiger partial charge >= 0.3 is 37.7 Å². The predicted octanol–water partition coefficient (Wildman–Crippen LogP) is -1.80. The zero-order chi connectivity index (χ0) is 29.4. The molecule has 0 saturated heterocycles. The molecule has 0 fully saturated rings. The van der Waals surface area contributed by atoms with Crippen molar-refractivity contribution in [3.05, 3.63) is 164 Å². The van der Waals surface area contributed by atoms with Gasteiger partial charge in [-0.05, 0) is 6.07 Å². The van der Waals surface area contributed by atoms with Gasteiger partial charge in [0.2, 0.25) is 0 Å². The summed E-state index contributed by atoms with van der Waals surface area (Å²) in [5, 5.41) is 27.4. The number of benzene rings is 5. The fourth-order valence-corrected chi connectivity index (χ4v) is 10.0. The van der Waals surface area contributed by atoms with Crippen LogP contribution in [0.25, 0.3) is 0 Å². The summed E-state index contributed by atoms with van der Waals surface area (Å²) in [6.07, 6.45) is 1.51. The first-order valence-electron chi connectivity index (χ1n) is 13.3. The van der Waals surface area contributed by atoms with Crippen molar-refractivity contribution in [1.29, 1.82) is 0 Å². The Kier molecular flexibility index (Phi) is 12.7. The van der Waals surface area contributed by atoms with Crippen LogP contribution in [0.15, 0.2) is 164 Å². The van der Waals surface area contributed by atoms with Crippen LogP contribution in [0.2, 0.25) is 0 Å². The average Bonchev–Trinajstić information content (AvgIpc) is 3.06. The summed E-state index contributed by atoms with van der Waals surface area (Å²) in [4.78, 5) is 4.13. The van der Waals surface area contributed by atoms with Gasteiger partial charge in [-0.3, -0.25) is 4.98 Å². The van der Waals surface area contributed by atoms with Crippen molar-refractivity contribution >= 4 is 46.2 Å². The van der Waals surface area contributed by atoms with Crippen LogP contribution in [0.1, 0.15) is 0 Å². The van der Waals surface area contributed by atoms with Gasteiger partial charge in [0.15, 0.2) is 14.3 Å². The summed E-state index contributed by atoms with van der Waals surface area (Å²) < 4.78 is 27.6. The van der Waals surface area contributed by atoms with E-state index in [-0.39, 0.29) is 54.7 Å². The number of pyridine rings is 1. The maximum atomic E-state index is 13.8. The van der Waals surface area contributed by atoms with E-state index in [9.17, 15) is 19.3 Å². The van der Waals surface area contributed by atoms with Gasteiger partial charge < -0.3 is 19.3 Å². The van der Waals surface area contributed by atoms with E-state index in [2.05, 4.69) is 4.98 Å². The van der Waals surface area contributed by atoms with Crippen molar-refractivity contribution in [2.45, 2.75) is 0 Å². The van der Waals surface area contributed by atoms with Gasteiger partial charge in [0.05, 0.1) is 0 Å². The second kappa shape index (κ2) is 16.0. The Morgan fingerprint density at radius 2 is 0.750 bits per heavy atom. The van der Waals surface area contributed by atoms with E-state index in [1.807, 2.05) is 97.1 Å². The minimum atomic E-state index is -3.24. The third-order valence-electron chi connectivity index (χ3n) is 6.73. The minimum Gasteiger partial charge on any atom is -0.872 e. The third kappa shape index (κ3) is 7.24.